The Kier molecular flexibility index (Phi) is 4.42. The van der Waals surface area contributed by atoms with Crippen molar-refractivity contribution in [3.8, 4) is 0 Å². The monoisotopic (exact) mass is 242 g/mol. The van der Waals surface area contributed by atoms with E-state index in [4.69, 9.17) is 10.5 Å². The van der Waals surface area contributed by atoms with Gasteiger partial charge in [0.1, 0.15) is 5.60 Å². The number of hydrogen-bond acceptors (Lipinski definition) is 3. The van der Waals surface area contributed by atoms with Crippen molar-refractivity contribution in [3.05, 3.63) is 0 Å². The Balaban J connectivity index is 2.64. The molecule has 1 amide bonds. The molecule has 0 aromatic carbocycles. The third kappa shape index (κ3) is 4.19. The summed E-state index contributed by atoms with van der Waals surface area (Å²) in [6.45, 7) is 7.56. The number of nitrogens with two attached hydrogens (primary N) is 1. The summed E-state index contributed by atoms with van der Waals surface area (Å²) in [6, 6.07) is -0.0460. The molecular weight excluding hydrogens is 216 g/mol. The molecule has 0 aliphatic heterocycles. The van der Waals surface area contributed by atoms with E-state index in [1.54, 1.807) is 0 Å². The molecule has 1 fully saturated rings. The van der Waals surface area contributed by atoms with Gasteiger partial charge in [-0.2, -0.15) is 0 Å². The van der Waals surface area contributed by atoms with E-state index in [2.05, 4.69) is 5.32 Å². The third-order valence-electron chi connectivity index (χ3n) is 3.37. The average Bonchev–Trinajstić information content (AvgIpc) is 2.15. The van der Waals surface area contributed by atoms with Crippen molar-refractivity contribution in [1.82, 2.24) is 5.32 Å². The lowest BCUT2D eigenvalue weighted by Gasteiger charge is -2.41. The van der Waals surface area contributed by atoms with E-state index in [0.717, 1.165) is 25.7 Å². The highest BCUT2D eigenvalue weighted by Gasteiger charge is 2.38. The number of ether oxygens (including phenoxy) is 1. The van der Waals surface area contributed by atoms with Crippen molar-refractivity contribution in [2.45, 2.75) is 77.0 Å². The van der Waals surface area contributed by atoms with Crippen LogP contribution in [0.1, 0.15) is 59.8 Å². The molecule has 0 spiro atoms. The van der Waals surface area contributed by atoms with Crippen LogP contribution in [0, 0.1) is 0 Å². The molecule has 4 nitrogen and oxygen atoms in total. The molecule has 1 saturated carbocycles. The van der Waals surface area contributed by atoms with Gasteiger partial charge in [-0.1, -0.05) is 19.3 Å². The first-order chi connectivity index (χ1) is 7.75. The number of carbonyl (C=O) groups excluding carboxylic acids is 1. The second-order valence-corrected chi connectivity index (χ2v) is 6.13. The summed E-state index contributed by atoms with van der Waals surface area (Å²) in [5.41, 5.74) is 5.31. The Morgan fingerprint density at radius 3 is 2.24 bits per heavy atom. The number of amides is 1. The van der Waals surface area contributed by atoms with Gasteiger partial charge < -0.3 is 15.8 Å². The first-order valence-electron chi connectivity index (χ1n) is 6.52. The van der Waals surface area contributed by atoms with Crippen molar-refractivity contribution in [3.63, 3.8) is 0 Å². The molecule has 1 atom stereocenters. The van der Waals surface area contributed by atoms with Crippen LogP contribution in [0.5, 0.6) is 0 Å². The molecule has 0 bridgehead atoms. The molecule has 1 rings (SSSR count). The van der Waals surface area contributed by atoms with Crippen LogP contribution in [0.3, 0.4) is 0 Å². The van der Waals surface area contributed by atoms with Crippen molar-refractivity contribution in [2.75, 3.05) is 0 Å². The largest absolute Gasteiger partial charge is 0.444 e. The first kappa shape index (κ1) is 14.3. The molecule has 0 saturated heterocycles. The summed E-state index contributed by atoms with van der Waals surface area (Å²) in [7, 11) is 0. The van der Waals surface area contributed by atoms with Crippen LogP contribution in [-0.4, -0.2) is 23.3 Å². The fourth-order valence-corrected chi connectivity index (χ4v) is 2.38. The van der Waals surface area contributed by atoms with Gasteiger partial charge in [-0.05, 0) is 40.5 Å². The molecule has 0 radical (unpaired) electrons. The SMILES string of the molecule is C[C@@H](N)C1(NC(=O)OC(C)(C)C)CCCCC1. The number of alkyl carbamates (subject to hydrolysis) is 1. The van der Waals surface area contributed by atoms with Gasteiger partial charge in [0.25, 0.3) is 0 Å². The highest BCUT2D eigenvalue weighted by atomic mass is 16.6. The zero-order valence-corrected chi connectivity index (χ0v) is 11.5. The molecule has 3 N–H and O–H groups in total. The summed E-state index contributed by atoms with van der Waals surface area (Å²) in [6.07, 6.45) is 5.02. The maximum Gasteiger partial charge on any atom is 0.408 e. The minimum absolute atomic E-state index is 0.0460. The van der Waals surface area contributed by atoms with Crippen molar-refractivity contribution in [1.29, 1.82) is 0 Å². The number of rotatable bonds is 2. The van der Waals surface area contributed by atoms with Gasteiger partial charge in [0.2, 0.25) is 0 Å². The fraction of sp³-hybridized carbons (Fsp3) is 0.923. The van der Waals surface area contributed by atoms with Gasteiger partial charge in [0.05, 0.1) is 5.54 Å². The number of carbonyl (C=O) groups is 1. The van der Waals surface area contributed by atoms with E-state index in [1.807, 2.05) is 27.7 Å². The van der Waals surface area contributed by atoms with Gasteiger partial charge in [-0.25, -0.2) is 4.79 Å². The van der Waals surface area contributed by atoms with Crippen LogP contribution in [0.4, 0.5) is 4.79 Å². The Bertz CT molecular complexity index is 263. The quantitative estimate of drug-likeness (QED) is 0.782. The summed E-state index contributed by atoms with van der Waals surface area (Å²) in [5, 5.41) is 3.00. The van der Waals surface area contributed by atoms with Crippen molar-refractivity contribution >= 4 is 6.09 Å². The maximum atomic E-state index is 11.8. The van der Waals surface area contributed by atoms with Crippen molar-refractivity contribution < 1.29 is 9.53 Å². The highest BCUT2D eigenvalue weighted by molar-refractivity contribution is 5.69. The minimum atomic E-state index is -0.461. The minimum Gasteiger partial charge on any atom is -0.444 e. The zero-order valence-electron chi connectivity index (χ0n) is 11.5. The van der Waals surface area contributed by atoms with E-state index in [9.17, 15) is 4.79 Å². The predicted molar refractivity (Wildman–Crippen MR) is 68.8 cm³/mol. The first-order valence-corrected chi connectivity index (χ1v) is 6.52. The van der Waals surface area contributed by atoms with E-state index in [-0.39, 0.29) is 17.7 Å². The second kappa shape index (κ2) is 5.25. The zero-order chi connectivity index (χ0) is 13.1. The van der Waals surface area contributed by atoms with E-state index < -0.39 is 5.60 Å². The van der Waals surface area contributed by atoms with E-state index >= 15 is 0 Å². The lowest BCUT2D eigenvalue weighted by molar-refractivity contribution is 0.0402. The van der Waals surface area contributed by atoms with E-state index in [1.165, 1.54) is 6.42 Å². The lowest BCUT2D eigenvalue weighted by atomic mass is 9.77. The second-order valence-electron chi connectivity index (χ2n) is 6.13. The number of nitrogens with one attached hydrogen (secondary N) is 1. The molecule has 100 valence electrons. The van der Waals surface area contributed by atoms with Gasteiger partial charge >= 0.3 is 6.09 Å². The van der Waals surface area contributed by atoms with E-state index in [0.29, 0.717) is 0 Å². The Morgan fingerprint density at radius 1 is 1.29 bits per heavy atom. The van der Waals surface area contributed by atoms with Crippen LogP contribution in [0.2, 0.25) is 0 Å². The van der Waals surface area contributed by atoms with Crippen LogP contribution >= 0.6 is 0 Å². The topological polar surface area (TPSA) is 64.3 Å². The molecule has 0 aromatic rings. The molecule has 1 aliphatic rings. The van der Waals surface area contributed by atoms with Gasteiger partial charge in [-0.3, -0.25) is 0 Å². The maximum absolute atomic E-state index is 11.8. The Labute approximate surface area is 104 Å². The molecule has 4 heteroatoms. The summed E-state index contributed by atoms with van der Waals surface area (Å²) in [5.74, 6) is 0. The summed E-state index contributed by atoms with van der Waals surface area (Å²) < 4.78 is 5.31. The molecule has 17 heavy (non-hydrogen) atoms. The molecule has 1 aliphatic carbocycles. The Morgan fingerprint density at radius 2 is 1.82 bits per heavy atom. The van der Waals surface area contributed by atoms with Gasteiger partial charge in [0.15, 0.2) is 0 Å². The van der Waals surface area contributed by atoms with Crippen LogP contribution in [0.15, 0.2) is 0 Å². The smallest absolute Gasteiger partial charge is 0.408 e. The van der Waals surface area contributed by atoms with Gasteiger partial charge in [0, 0.05) is 6.04 Å². The molecule has 0 aromatic heterocycles. The third-order valence-corrected chi connectivity index (χ3v) is 3.37. The number of hydrogen-bond donors (Lipinski definition) is 2. The van der Waals surface area contributed by atoms with Crippen molar-refractivity contribution in [2.24, 2.45) is 5.73 Å². The van der Waals surface area contributed by atoms with Gasteiger partial charge in [-0.15, -0.1) is 0 Å². The average molecular weight is 242 g/mol. The normalized spacial score (nSPS) is 21.7. The summed E-state index contributed by atoms with van der Waals surface area (Å²) >= 11 is 0. The Hall–Kier alpha value is -0.770. The van der Waals surface area contributed by atoms with Crippen LogP contribution < -0.4 is 11.1 Å². The lowest BCUT2D eigenvalue weighted by Crippen LogP contribution is -2.60. The molecular formula is C13H26N2O2. The standard InChI is InChI=1S/C13H26N2O2/c1-10(14)13(8-6-5-7-9-13)15-11(16)17-12(2,3)4/h10H,5-9,14H2,1-4H3,(H,15,16)/t10-/m1/s1. The van der Waals surface area contributed by atoms with Crippen LogP contribution in [0.25, 0.3) is 0 Å². The highest BCUT2D eigenvalue weighted by Crippen LogP contribution is 2.30. The summed E-state index contributed by atoms with van der Waals surface area (Å²) in [4.78, 5) is 11.8. The van der Waals surface area contributed by atoms with Crippen LogP contribution in [-0.2, 0) is 4.74 Å². The fourth-order valence-electron chi connectivity index (χ4n) is 2.38. The predicted octanol–water partition coefficient (Wildman–Crippen LogP) is 2.56. The molecule has 0 heterocycles. The molecule has 0 unspecified atom stereocenters.